The number of piperazine rings is 1. The zero-order valence-corrected chi connectivity index (χ0v) is 11.5. The van der Waals surface area contributed by atoms with Crippen LogP contribution < -0.4 is 10.1 Å². The molecule has 1 heterocycles. The molecule has 1 aromatic rings. The maximum Gasteiger partial charge on any atom is 0.122 e. The Bertz CT molecular complexity index is 373. The molecule has 3 heteroatoms. The molecule has 0 aromatic heterocycles. The van der Waals surface area contributed by atoms with Gasteiger partial charge in [-0.15, -0.1) is 0 Å². The lowest BCUT2D eigenvalue weighted by Crippen LogP contribution is -2.43. The van der Waals surface area contributed by atoms with Gasteiger partial charge in [0.25, 0.3) is 0 Å². The largest absolute Gasteiger partial charge is 0.496 e. The molecule has 0 bridgehead atoms. The first kappa shape index (κ1) is 13.4. The Kier molecular flexibility index (Phi) is 5.02. The first-order chi connectivity index (χ1) is 8.81. The SMILES string of the molecule is COc1cccc(C)c1CCCN1CCNCC1. The second-order valence-corrected chi connectivity index (χ2v) is 4.95. The third-order valence-electron chi connectivity index (χ3n) is 3.70. The molecule has 3 nitrogen and oxygen atoms in total. The Hall–Kier alpha value is -1.06. The molecule has 0 amide bonds. The predicted octanol–water partition coefficient (Wildman–Crippen LogP) is 1.84. The third kappa shape index (κ3) is 3.47. The van der Waals surface area contributed by atoms with Crippen molar-refractivity contribution in [3.05, 3.63) is 29.3 Å². The Morgan fingerprint density at radius 3 is 2.78 bits per heavy atom. The Balaban J connectivity index is 1.85. The van der Waals surface area contributed by atoms with Gasteiger partial charge in [-0.05, 0) is 43.5 Å². The molecule has 0 spiro atoms. The van der Waals surface area contributed by atoms with Crippen molar-refractivity contribution < 1.29 is 4.74 Å². The number of ether oxygens (including phenoxy) is 1. The van der Waals surface area contributed by atoms with Gasteiger partial charge >= 0.3 is 0 Å². The summed E-state index contributed by atoms with van der Waals surface area (Å²) in [5.41, 5.74) is 2.71. The van der Waals surface area contributed by atoms with Crippen LogP contribution in [0.2, 0.25) is 0 Å². The van der Waals surface area contributed by atoms with E-state index in [1.54, 1.807) is 7.11 Å². The van der Waals surface area contributed by atoms with Gasteiger partial charge in [0.2, 0.25) is 0 Å². The Morgan fingerprint density at radius 2 is 2.06 bits per heavy atom. The summed E-state index contributed by atoms with van der Waals surface area (Å²) in [6.45, 7) is 8.00. The van der Waals surface area contributed by atoms with Crippen molar-refractivity contribution in [2.24, 2.45) is 0 Å². The third-order valence-corrected chi connectivity index (χ3v) is 3.70. The first-order valence-electron chi connectivity index (χ1n) is 6.87. The van der Waals surface area contributed by atoms with E-state index in [4.69, 9.17) is 4.74 Å². The summed E-state index contributed by atoms with van der Waals surface area (Å²) < 4.78 is 5.45. The molecule has 0 saturated carbocycles. The van der Waals surface area contributed by atoms with Crippen molar-refractivity contribution >= 4 is 0 Å². The van der Waals surface area contributed by atoms with Gasteiger partial charge in [-0.3, -0.25) is 0 Å². The van der Waals surface area contributed by atoms with E-state index in [1.807, 2.05) is 0 Å². The molecule has 1 aromatic carbocycles. The van der Waals surface area contributed by atoms with Crippen LogP contribution in [0, 0.1) is 6.92 Å². The van der Waals surface area contributed by atoms with Crippen LogP contribution in [0.25, 0.3) is 0 Å². The first-order valence-corrected chi connectivity index (χ1v) is 6.87. The molecular formula is C15H24N2O. The number of aryl methyl sites for hydroxylation is 1. The number of rotatable bonds is 5. The van der Waals surface area contributed by atoms with Crippen LogP contribution in [0.1, 0.15) is 17.5 Å². The minimum atomic E-state index is 1.04. The van der Waals surface area contributed by atoms with E-state index in [1.165, 1.54) is 37.2 Å². The number of benzene rings is 1. The van der Waals surface area contributed by atoms with Crippen LogP contribution in [0.15, 0.2) is 18.2 Å². The fraction of sp³-hybridized carbons (Fsp3) is 0.600. The summed E-state index contributed by atoms with van der Waals surface area (Å²) >= 11 is 0. The smallest absolute Gasteiger partial charge is 0.122 e. The van der Waals surface area contributed by atoms with E-state index in [0.29, 0.717) is 0 Å². The van der Waals surface area contributed by atoms with Crippen molar-refractivity contribution in [1.82, 2.24) is 10.2 Å². The topological polar surface area (TPSA) is 24.5 Å². The summed E-state index contributed by atoms with van der Waals surface area (Å²) in [6.07, 6.45) is 2.32. The summed E-state index contributed by atoms with van der Waals surface area (Å²) in [4.78, 5) is 2.54. The van der Waals surface area contributed by atoms with E-state index in [2.05, 4.69) is 35.3 Å². The minimum absolute atomic E-state index is 1.04. The fourth-order valence-electron chi connectivity index (χ4n) is 2.60. The van der Waals surface area contributed by atoms with E-state index < -0.39 is 0 Å². The van der Waals surface area contributed by atoms with Crippen molar-refractivity contribution in [3.8, 4) is 5.75 Å². The lowest BCUT2D eigenvalue weighted by molar-refractivity contribution is 0.238. The predicted molar refractivity (Wildman–Crippen MR) is 75.4 cm³/mol. The molecule has 0 atom stereocenters. The highest BCUT2D eigenvalue weighted by atomic mass is 16.5. The van der Waals surface area contributed by atoms with Crippen molar-refractivity contribution in [1.29, 1.82) is 0 Å². The lowest BCUT2D eigenvalue weighted by Gasteiger charge is -2.27. The fourth-order valence-corrected chi connectivity index (χ4v) is 2.60. The van der Waals surface area contributed by atoms with Crippen molar-refractivity contribution in [2.75, 3.05) is 39.8 Å². The molecule has 0 radical (unpaired) electrons. The molecule has 1 fully saturated rings. The molecular weight excluding hydrogens is 224 g/mol. The number of nitrogens with one attached hydrogen (secondary N) is 1. The zero-order chi connectivity index (χ0) is 12.8. The van der Waals surface area contributed by atoms with Crippen LogP contribution in [0.5, 0.6) is 5.75 Å². The van der Waals surface area contributed by atoms with Gasteiger partial charge in [-0.25, -0.2) is 0 Å². The van der Waals surface area contributed by atoms with Gasteiger partial charge in [-0.2, -0.15) is 0 Å². The highest BCUT2D eigenvalue weighted by Gasteiger charge is 2.10. The normalized spacial score (nSPS) is 16.8. The van der Waals surface area contributed by atoms with E-state index in [9.17, 15) is 0 Å². The lowest BCUT2D eigenvalue weighted by atomic mass is 10.0. The van der Waals surface area contributed by atoms with E-state index in [0.717, 1.165) is 25.3 Å². The zero-order valence-electron chi connectivity index (χ0n) is 11.5. The van der Waals surface area contributed by atoms with E-state index >= 15 is 0 Å². The number of methoxy groups -OCH3 is 1. The average Bonchev–Trinajstić information content (AvgIpc) is 2.41. The maximum absolute atomic E-state index is 5.45. The molecule has 18 heavy (non-hydrogen) atoms. The van der Waals surface area contributed by atoms with Gasteiger partial charge in [0, 0.05) is 26.2 Å². The maximum atomic E-state index is 5.45. The molecule has 100 valence electrons. The molecule has 1 aliphatic rings. The summed E-state index contributed by atoms with van der Waals surface area (Å²) in [5.74, 6) is 1.04. The van der Waals surface area contributed by atoms with Gasteiger partial charge in [0.15, 0.2) is 0 Å². The molecule has 1 aliphatic heterocycles. The minimum Gasteiger partial charge on any atom is -0.496 e. The Morgan fingerprint density at radius 1 is 1.28 bits per heavy atom. The van der Waals surface area contributed by atoms with E-state index in [-0.39, 0.29) is 0 Å². The summed E-state index contributed by atoms with van der Waals surface area (Å²) in [5, 5.41) is 3.39. The number of hydrogen-bond acceptors (Lipinski definition) is 3. The van der Waals surface area contributed by atoms with Crippen LogP contribution in [-0.2, 0) is 6.42 Å². The van der Waals surface area contributed by atoms with Crippen LogP contribution >= 0.6 is 0 Å². The summed E-state index contributed by atoms with van der Waals surface area (Å²) in [7, 11) is 1.76. The standard InChI is InChI=1S/C15H24N2O/c1-13-5-3-7-15(18-2)14(13)6-4-10-17-11-8-16-9-12-17/h3,5,7,16H,4,6,8-12H2,1-2H3. The van der Waals surface area contributed by atoms with Crippen LogP contribution in [0.3, 0.4) is 0 Å². The van der Waals surface area contributed by atoms with Gasteiger partial charge in [0.05, 0.1) is 7.11 Å². The Labute approximate surface area is 110 Å². The molecule has 2 rings (SSSR count). The number of hydrogen-bond donors (Lipinski definition) is 1. The molecule has 1 saturated heterocycles. The monoisotopic (exact) mass is 248 g/mol. The summed E-state index contributed by atoms with van der Waals surface area (Å²) in [6, 6.07) is 6.30. The highest BCUT2D eigenvalue weighted by Crippen LogP contribution is 2.23. The quantitative estimate of drug-likeness (QED) is 0.860. The van der Waals surface area contributed by atoms with Crippen molar-refractivity contribution in [2.45, 2.75) is 19.8 Å². The average molecular weight is 248 g/mol. The molecule has 0 aliphatic carbocycles. The van der Waals surface area contributed by atoms with Crippen molar-refractivity contribution in [3.63, 3.8) is 0 Å². The second-order valence-electron chi connectivity index (χ2n) is 4.95. The molecule has 0 unspecified atom stereocenters. The highest BCUT2D eigenvalue weighted by molar-refractivity contribution is 5.39. The van der Waals surface area contributed by atoms with Gasteiger partial charge in [-0.1, -0.05) is 12.1 Å². The van der Waals surface area contributed by atoms with Crippen LogP contribution in [-0.4, -0.2) is 44.7 Å². The second kappa shape index (κ2) is 6.76. The number of nitrogens with zero attached hydrogens (tertiary/aromatic N) is 1. The van der Waals surface area contributed by atoms with Gasteiger partial charge in [0.1, 0.15) is 5.75 Å². The molecule has 1 N–H and O–H groups in total. The van der Waals surface area contributed by atoms with Crippen LogP contribution in [0.4, 0.5) is 0 Å². The van der Waals surface area contributed by atoms with Gasteiger partial charge < -0.3 is 15.0 Å².